The summed E-state index contributed by atoms with van der Waals surface area (Å²) < 4.78 is 0.976. The normalized spacial score (nSPS) is 17.5. The number of Topliss-reactive ketones (excluding diaryl/α,β-unsaturated/α-hetero) is 2. The fourth-order valence-electron chi connectivity index (χ4n) is 3.59. The van der Waals surface area contributed by atoms with Crippen molar-refractivity contribution in [3.63, 3.8) is 0 Å². The van der Waals surface area contributed by atoms with Gasteiger partial charge < -0.3 is 10.9 Å². The summed E-state index contributed by atoms with van der Waals surface area (Å²) >= 11 is 0. The number of hydrogen-bond donors (Lipinski definition) is 2. The second-order valence-electron chi connectivity index (χ2n) is 7.19. The first kappa shape index (κ1) is 16.8. The number of nitrogen functional groups attached to an aromatic ring is 1. The van der Waals surface area contributed by atoms with Crippen molar-refractivity contribution in [1.82, 2.24) is 4.68 Å². The number of nitrogens with two attached hydrogens (primary N) is 1. The van der Waals surface area contributed by atoms with E-state index >= 15 is 0 Å². The summed E-state index contributed by atoms with van der Waals surface area (Å²) in [5.41, 5.74) is 0.632. The van der Waals surface area contributed by atoms with Crippen LogP contribution >= 0.6 is 0 Å². The average Bonchev–Trinajstić information content (AvgIpc) is 2.77. The topological polar surface area (TPSA) is 109 Å². The van der Waals surface area contributed by atoms with Crippen LogP contribution in [0.4, 0.5) is 0 Å². The van der Waals surface area contributed by atoms with Gasteiger partial charge in [-0.05, 0) is 5.41 Å². The standard InChI is InChI=1S/C19H19N3O3/c1-19(2)8-13(23)16(14(24)9-19)15-12(10-20)18(25)22(21)17(15)11-6-4-3-5-7-11/h3-7,16,25H,8-9,21H2,1-2H3. The molecule has 25 heavy (non-hydrogen) atoms. The number of aromatic nitrogens is 1. The van der Waals surface area contributed by atoms with Crippen molar-refractivity contribution in [2.75, 3.05) is 5.84 Å². The molecular weight excluding hydrogens is 318 g/mol. The maximum atomic E-state index is 12.7. The lowest BCUT2D eigenvalue weighted by Gasteiger charge is -2.32. The van der Waals surface area contributed by atoms with Crippen LogP contribution in [0.2, 0.25) is 0 Å². The van der Waals surface area contributed by atoms with E-state index < -0.39 is 17.2 Å². The Bertz CT molecular complexity index is 884. The molecule has 0 amide bonds. The quantitative estimate of drug-likeness (QED) is 0.646. The third-order valence-electron chi connectivity index (χ3n) is 4.61. The monoisotopic (exact) mass is 337 g/mol. The highest BCUT2D eigenvalue weighted by Gasteiger charge is 2.44. The number of hydrogen-bond acceptors (Lipinski definition) is 5. The van der Waals surface area contributed by atoms with Crippen LogP contribution in [-0.4, -0.2) is 21.3 Å². The summed E-state index contributed by atoms with van der Waals surface area (Å²) in [5, 5.41) is 19.7. The zero-order valence-electron chi connectivity index (χ0n) is 14.1. The van der Waals surface area contributed by atoms with Crippen molar-refractivity contribution in [1.29, 1.82) is 5.26 Å². The highest BCUT2D eigenvalue weighted by molar-refractivity contribution is 6.11. The summed E-state index contributed by atoms with van der Waals surface area (Å²) in [7, 11) is 0. The van der Waals surface area contributed by atoms with Crippen molar-refractivity contribution >= 4 is 11.6 Å². The van der Waals surface area contributed by atoms with E-state index in [4.69, 9.17) is 5.84 Å². The van der Waals surface area contributed by atoms with E-state index in [1.807, 2.05) is 26.0 Å². The van der Waals surface area contributed by atoms with Crippen molar-refractivity contribution in [3.05, 3.63) is 41.5 Å². The lowest BCUT2D eigenvalue weighted by molar-refractivity contribution is -0.135. The summed E-state index contributed by atoms with van der Waals surface area (Å²) in [6.07, 6.45) is 0.470. The zero-order valence-corrected chi connectivity index (χ0v) is 14.1. The molecule has 0 bridgehead atoms. The van der Waals surface area contributed by atoms with E-state index in [-0.39, 0.29) is 35.5 Å². The minimum atomic E-state index is -1.08. The molecule has 128 valence electrons. The van der Waals surface area contributed by atoms with Gasteiger partial charge in [0.05, 0.1) is 5.69 Å². The van der Waals surface area contributed by atoms with Gasteiger partial charge in [0.25, 0.3) is 0 Å². The van der Waals surface area contributed by atoms with Gasteiger partial charge in [-0.2, -0.15) is 5.26 Å². The van der Waals surface area contributed by atoms with Gasteiger partial charge in [0.1, 0.15) is 29.1 Å². The van der Waals surface area contributed by atoms with E-state index in [9.17, 15) is 20.0 Å². The molecular formula is C19H19N3O3. The van der Waals surface area contributed by atoms with E-state index in [1.165, 1.54) is 0 Å². The average molecular weight is 337 g/mol. The second-order valence-corrected chi connectivity index (χ2v) is 7.19. The Balaban J connectivity index is 2.26. The summed E-state index contributed by atoms with van der Waals surface area (Å²) in [4.78, 5) is 25.5. The summed E-state index contributed by atoms with van der Waals surface area (Å²) in [5.74, 6) is 3.94. The van der Waals surface area contributed by atoms with Crippen LogP contribution in [0.25, 0.3) is 11.3 Å². The highest BCUT2D eigenvalue weighted by atomic mass is 16.3. The predicted octanol–water partition coefficient (Wildman–Crippen LogP) is 2.49. The maximum Gasteiger partial charge on any atom is 0.229 e. The number of aromatic hydroxyl groups is 1. The Morgan fingerprint density at radius 2 is 1.76 bits per heavy atom. The van der Waals surface area contributed by atoms with E-state index in [1.54, 1.807) is 24.3 Å². The summed E-state index contributed by atoms with van der Waals surface area (Å²) in [6.45, 7) is 3.74. The van der Waals surface area contributed by atoms with Crippen molar-refractivity contribution < 1.29 is 14.7 Å². The molecule has 1 fully saturated rings. The molecule has 0 radical (unpaired) electrons. The molecule has 3 N–H and O–H groups in total. The van der Waals surface area contributed by atoms with Gasteiger partial charge in [0, 0.05) is 24.0 Å². The first-order valence-corrected chi connectivity index (χ1v) is 8.00. The molecule has 0 aliphatic heterocycles. The van der Waals surface area contributed by atoms with Crippen molar-refractivity contribution in [2.45, 2.75) is 32.6 Å². The van der Waals surface area contributed by atoms with E-state index in [2.05, 4.69) is 0 Å². The van der Waals surface area contributed by atoms with Gasteiger partial charge in [-0.15, -0.1) is 0 Å². The van der Waals surface area contributed by atoms with E-state index in [0.29, 0.717) is 11.3 Å². The molecule has 1 aliphatic carbocycles. The number of nitriles is 1. The van der Waals surface area contributed by atoms with Crippen molar-refractivity contribution in [3.8, 4) is 23.2 Å². The Morgan fingerprint density at radius 1 is 1.20 bits per heavy atom. The molecule has 0 spiro atoms. The lowest BCUT2D eigenvalue weighted by atomic mass is 9.69. The van der Waals surface area contributed by atoms with Crippen LogP contribution in [0.1, 0.15) is 43.7 Å². The van der Waals surface area contributed by atoms with Gasteiger partial charge in [0.15, 0.2) is 0 Å². The van der Waals surface area contributed by atoms with Gasteiger partial charge in [-0.1, -0.05) is 44.2 Å². The highest BCUT2D eigenvalue weighted by Crippen LogP contribution is 2.44. The zero-order chi connectivity index (χ0) is 18.4. The smallest absolute Gasteiger partial charge is 0.229 e. The molecule has 0 atom stereocenters. The molecule has 3 rings (SSSR count). The number of nitrogens with zero attached hydrogens (tertiary/aromatic N) is 2. The molecule has 1 heterocycles. The fourth-order valence-corrected chi connectivity index (χ4v) is 3.59. The molecule has 1 saturated carbocycles. The van der Waals surface area contributed by atoms with Crippen LogP contribution < -0.4 is 5.84 Å². The van der Waals surface area contributed by atoms with Crippen LogP contribution in [0.15, 0.2) is 30.3 Å². The molecule has 1 aliphatic rings. The summed E-state index contributed by atoms with van der Waals surface area (Å²) in [6, 6.07) is 10.8. The lowest BCUT2D eigenvalue weighted by Crippen LogP contribution is -2.36. The molecule has 6 heteroatoms. The minimum absolute atomic E-state index is 0.118. The number of benzene rings is 1. The second kappa shape index (κ2) is 5.78. The van der Waals surface area contributed by atoms with Gasteiger partial charge >= 0.3 is 0 Å². The first-order valence-electron chi connectivity index (χ1n) is 8.00. The predicted molar refractivity (Wildman–Crippen MR) is 92.2 cm³/mol. The molecule has 1 aromatic carbocycles. The van der Waals surface area contributed by atoms with Crippen LogP contribution in [-0.2, 0) is 9.59 Å². The minimum Gasteiger partial charge on any atom is -0.492 e. The number of rotatable bonds is 2. The van der Waals surface area contributed by atoms with E-state index in [0.717, 1.165) is 4.68 Å². The van der Waals surface area contributed by atoms with Crippen LogP contribution in [0.3, 0.4) is 0 Å². The molecule has 1 aromatic heterocycles. The first-order chi connectivity index (χ1) is 11.8. The number of carbonyl (C=O) groups is 2. The van der Waals surface area contributed by atoms with Gasteiger partial charge in [-0.25, -0.2) is 4.68 Å². The van der Waals surface area contributed by atoms with Crippen LogP contribution in [0, 0.1) is 16.7 Å². The van der Waals surface area contributed by atoms with Gasteiger partial charge in [0.2, 0.25) is 5.88 Å². The Hall–Kier alpha value is -3.07. The third kappa shape index (κ3) is 2.68. The van der Waals surface area contributed by atoms with Gasteiger partial charge in [-0.3, -0.25) is 9.59 Å². The molecule has 2 aromatic rings. The Labute approximate surface area is 145 Å². The fraction of sp³-hybridized carbons (Fsp3) is 0.316. The number of ketones is 2. The Kier molecular flexibility index (Phi) is 3.88. The molecule has 0 saturated heterocycles. The maximum absolute atomic E-state index is 12.7. The SMILES string of the molecule is CC1(C)CC(=O)C(c2c(C#N)c(O)n(N)c2-c2ccccc2)C(=O)C1. The Morgan fingerprint density at radius 3 is 2.28 bits per heavy atom. The third-order valence-corrected chi connectivity index (χ3v) is 4.61. The molecule has 6 nitrogen and oxygen atoms in total. The number of carbonyl (C=O) groups excluding carboxylic acids is 2. The van der Waals surface area contributed by atoms with Crippen LogP contribution in [0.5, 0.6) is 5.88 Å². The molecule has 0 unspecified atom stereocenters. The van der Waals surface area contributed by atoms with Crippen molar-refractivity contribution in [2.24, 2.45) is 5.41 Å². The largest absolute Gasteiger partial charge is 0.492 e.